The van der Waals surface area contributed by atoms with Crippen molar-refractivity contribution in [1.82, 2.24) is 20.5 Å². The number of carbonyl (C=O) groups excluding carboxylic acids is 2. The molecule has 0 bridgehead atoms. The zero-order valence-electron chi connectivity index (χ0n) is 18.9. The van der Waals surface area contributed by atoms with Crippen LogP contribution in [0.25, 0.3) is 0 Å². The predicted octanol–water partition coefficient (Wildman–Crippen LogP) is 1.33. The molecule has 0 spiro atoms. The van der Waals surface area contributed by atoms with Crippen molar-refractivity contribution in [2.24, 2.45) is 10.1 Å². The number of anilines is 1. The van der Waals surface area contributed by atoms with Crippen molar-refractivity contribution in [2.75, 3.05) is 26.0 Å². The van der Waals surface area contributed by atoms with Gasteiger partial charge in [0.2, 0.25) is 5.96 Å². The first-order valence-corrected chi connectivity index (χ1v) is 10.5. The molecule has 2 heterocycles. The van der Waals surface area contributed by atoms with Gasteiger partial charge in [-0.1, -0.05) is 24.3 Å². The molecule has 2 aliphatic heterocycles. The van der Waals surface area contributed by atoms with Crippen molar-refractivity contribution < 1.29 is 14.5 Å². The molecule has 0 saturated carbocycles. The molecular weight excluding hydrogens is 440 g/mol. The maximum absolute atomic E-state index is 12.7. The molecule has 176 valence electrons. The fraction of sp³-hybridized carbons (Fsp3) is 0.273. The number of nitrogens with zero attached hydrogens (tertiary/aromatic N) is 6. The van der Waals surface area contributed by atoms with E-state index in [0.29, 0.717) is 5.96 Å². The molecule has 0 radical (unpaired) electrons. The van der Waals surface area contributed by atoms with E-state index in [0.717, 1.165) is 16.8 Å². The summed E-state index contributed by atoms with van der Waals surface area (Å²) in [6, 6.07) is 12.5. The molecular formula is C22H24N8O4. The molecule has 4 rings (SSSR count). The second kappa shape index (κ2) is 9.17. The average Bonchev–Trinajstić information content (AvgIpc) is 3.17. The number of fused-ring (bicyclic) bond motifs is 1. The standard InChI is InChI=1S/C22H24N8O4/c1-27(2)16-8-4-14(5-9-16)12-23-26-21-24-19-18(20(31)25-22(32)28(19)3)29(21)13-15-6-10-17(11-7-15)30(33)34/h4-12,18-19H,13H2,1-3H3,(H,24,26)(H,25,31,32)/b23-12-. The van der Waals surface area contributed by atoms with Gasteiger partial charge in [0, 0.05) is 45.5 Å². The number of hydrazone groups is 1. The lowest BCUT2D eigenvalue weighted by molar-refractivity contribution is -0.384. The highest BCUT2D eigenvalue weighted by molar-refractivity contribution is 6.03. The molecule has 3 amide bonds. The second-order valence-electron chi connectivity index (χ2n) is 8.12. The molecule has 2 aliphatic rings. The van der Waals surface area contributed by atoms with Crippen LogP contribution >= 0.6 is 0 Å². The molecule has 0 aliphatic carbocycles. The lowest BCUT2D eigenvalue weighted by Crippen LogP contribution is -2.63. The van der Waals surface area contributed by atoms with E-state index in [1.807, 2.05) is 43.3 Å². The van der Waals surface area contributed by atoms with E-state index in [2.05, 4.69) is 20.8 Å². The molecule has 1 saturated heterocycles. The van der Waals surface area contributed by atoms with Crippen molar-refractivity contribution in [1.29, 1.82) is 0 Å². The number of nitro benzene ring substituents is 1. The fourth-order valence-corrected chi connectivity index (χ4v) is 3.73. The van der Waals surface area contributed by atoms with Crippen LogP contribution in [0.15, 0.2) is 58.6 Å². The van der Waals surface area contributed by atoms with Crippen LogP contribution in [-0.2, 0) is 11.3 Å². The highest BCUT2D eigenvalue weighted by atomic mass is 16.6. The number of likely N-dealkylation sites (N-methyl/N-ethyl adjacent to an activating group) is 1. The number of guanidine groups is 1. The van der Waals surface area contributed by atoms with Gasteiger partial charge in [0.15, 0.2) is 12.2 Å². The Morgan fingerprint density at radius 3 is 2.47 bits per heavy atom. The smallest absolute Gasteiger partial charge is 0.325 e. The minimum Gasteiger partial charge on any atom is -0.378 e. The van der Waals surface area contributed by atoms with Crippen molar-refractivity contribution >= 4 is 35.5 Å². The third-order valence-corrected chi connectivity index (χ3v) is 5.65. The number of non-ortho nitro benzene ring substituents is 1. The van der Waals surface area contributed by atoms with Gasteiger partial charge in [-0.3, -0.25) is 20.2 Å². The van der Waals surface area contributed by atoms with Crippen LogP contribution in [0.1, 0.15) is 11.1 Å². The van der Waals surface area contributed by atoms with Crippen molar-refractivity contribution in [3.8, 4) is 0 Å². The first kappa shape index (κ1) is 22.7. The summed E-state index contributed by atoms with van der Waals surface area (Å²) in [6.07, 6.45) is 0.902. The topological polar surface area (TPSA) is 136 Å². The Labute approximate surface area is 195 Å². The Morgan fingerprint density at radius 2 is 1.85 bits per heavy atom. The molecule has 12 heteroatoms. The maximum Gasteiger partial charge on any atom is 0.325 e. The van der Waals surface area contributed by atoms with Gasteiger partial charge in [0.25, 0.3) is 11.6 Å². The van der Waals surface area contributed by atoms with Crippen LogP contribution in [0.5, 0.6) is 0 Å². The van der Waals surface area contributed by atoms with E-state index in [9.17, 15) is 19.7 Å². The summed E-state index contributed by atoms with van der Waals surface area (Å²) >= 11 is 0. The molecule has 12 nitrogen and oxygen atoms in total. The van der Waals surface area contributed by atoms with Crippen molar-refractivity contribution in [3.63, 3.8) is 0 Å². The number of amides is 3. The van der Waals surface area contributed by atoms with E-state index in [-0.39, 0.29) is 12.2 Å². The van der Waals surface area contributed by atoms with E-state index in [1.165, 1.54) is 17.0 Å². The van der Waals surface area contributed by atoms with Gasteiger partial charge in [-0.2, -0.15) is 5.10 Å². The zero-order chi connectivity index (χ0) is 24.4. The second-order valence-corrected chi connectivity index (χ2v) is 8.12. The summed E-state index contributed by atoms with van der Waals surface area (Å²) in [5, 5.41) is 17.6. The number of benzene rings is 2. The number of hydrogen-bond acceptors (Lipinski definition) is 9. The molecule has 2 N–H and O–H groups in total. The van der Waals surface area contributed by atoms with Crippen molar-refractivity contribution in [2.45, 2.75) is 18.8 Å². The Hall–Kier alpha value is -4.48. The van der Waals surface area contributed by atoms with Crippen LogP contribution in [0.4, 0.5) is 16.2 Å². The van der Waals surface area contributed by atoms with E-state index in [1.54, 1.807) is 30.3 Å². The lowest BCUT2D eigenvalue weighted by Gasteiger charge is -2.36. The Bertz CT molecular complexity index is 1160. The molecule has 2 aromatic rings. The van der Waals surface area contributed by atoms with Gasteiger partial charge in [0.1, 0.15) is 0 Å². The van der Waals surface area contributed by atoms with Gasteiger partial charge in [-0.25, -0.2) is 15.2 Å². The zero-order valence-corrected chi connectivity index (χ0v) is 18.9. The normalized spacial score (nSPS) is 19.7. The summed E-state index contributed by atoms with van der Waals surface area (Å²) in [4.78, 5) is 44.8. The predicted molar refractivity (Wildman–Crippen MR) is 126 cm³/mol. The van der Waals surface area contributed by atoms with Crippen LogP contribution in [0, 0.1) is 10.1 Å². The number of imide groups is 1. The third-order valence-electron chi connectivity index (χ3n) is 5.65. The number of nitro groups is 1. The van der Waals surface area contributed by atoms with Gasteiger partial charge in [-0.05, 0) is 23.3 Å². The van der Waals surface area contributed by atoms with Crippen LogP contribution in [0.2, 0.25) is 0 Å². The van der Waals surface area contributed by atoms with Crippen LogP contribution < -0.4 is 15.6 Å². The summed E-state index contributed by atoms with van der Waals surface area (Å²) in [7, 11) is 5.48. The minimum absolute atomic E-state index is 0.0271. The number of carbonyl (C=O) groups is 2. The van der Waals surface area contributed by atoms with E-state index in [4.69, 9.17) is 0 Å². The maximum atomic E-state index is 12.7. The number of rotatable bonds is 6. The van der Waals surface area contributed by atoms with Gasteiger partial charge < -0.3 is 14.7 Å². The first-order chi connectivity index (χ1) is 16.2. The Kier molecular flexibility index (Phi) is 6.13. The highest BCUT2D eigenvalue weighted by Gasteiger charge is 2.48. The molecule has 2 aromatic carbocycles. The SMILES string of the molecule is CN(C)c1ccc(/C=N\NC2=NC3C(C(=O)NC(=O)N3C)N2Cc2ccc([N+](=O)[O-])cc2)cc1. The molecule has 2 unspecified atom stereocenters. The summed E-state index contributed by atoms with van der Waals surface area (Å²) in [5.41, 5.74) is 5.51. The number of aliphatic imine (C=N–C) groups is 1. The van der Waals surface area contributed by atoms with E-state index < -0.39 is 29.1 Å². The molecule has 34 heavy (non-hydrogen) atoms. The minimum atomic E-state index is -0.769. The summed E-state index contributed by atoms with van der Waals surface area (Å²) < 4.78 is 0. The van der Waals surface area contributed by atoms with Crippen LogP contribution in [0.3, 0.4) is 0 Å². The quantitative estimate of drug-likeness (QED) is 0.374. The fourth-order valence-electron chi connectivity index (χ4n) is 3.73. The van der Waals surface area contributed by atoms with Gasteiger partial charge in [-0.15, -0.1) is 0 Å². The monoisotopic (exact) mass is 464 g/mol. The first-order valence-electron chi connectivity index (χ1n) is 10.5. The average molecular weight is 464 g/mol. The number of nitrogens with one attached hydrogen (secondary N) is 2. The summed E-state index contributed by atoms with van der Waals surface area (Å²) in [5.74, 6) is -0.162. The summed E-state index contributed by atoms with van der Waals surface area (Å²) in [6.45, 7) is 0.230. The molecule has 1 fully saturated rings. The third kappa shape index (κ3) is 4.51. The van der Waals surface area contributed by atoms with Gasteiger partial charge >= 0.3 is 6.03 Å². The van der Waals surface area contributed by atoms with E-state index >= 15 is 0 Å². The Balaban J connectivity index is 1.56. The lowest BCUT2D eigenvalue weighted by atomic mass is 10.1. The van der Waals surface area contributed by atoms with Gasteiger partial charge in [0.05, 0.1) is 11.1 Å². The molecule has 2 atom stereocenters. The van der Waals surface area contributed by atoms with Crippen molar-refractivity contribution in [3.05, 3.63) is 69.8 Å². The largest absolute Gasteiger partial charge is 0.378 e. The Morgan fingerprint density at radius 1 is 1.18 bits per heavy atom. The number of urea groups is 1. The van der Waals surface area contributed by atoms with Crippen LogP contribution in [-0.4, -0.2) is 72.2 Å². The highest BCUT2D eigenvalue weighted by Crippen LogP contribution is 2.25. The number of hydrogen-bond donors (Lipinski definition) is 2. The molecule has 0 aromatic heterocycles.